The quantitative estimate of drug-likeness (QED) is 0.881. The maximum Gasteiger partial charge on any atom is 0.305 e. The van der Waals surface area contributed by atoms with Crippen LogP contribution in [-0.4, -0.2) is 34.5 Å². The van der Waals surface area contributed by atoms with Crippen molar-refractivity contribution >= 4 is 11.9 Å². The zero-order valence-corrected chi connectivity index (χ0v) is 13.2. The van der Waals surface area contributed by atoms with Crippen LogP contribution in [0.5, 0.6) is 5.75 Å². The van der Waals surface area contributed by atoms with Crippen LogP contribution in [0.4, 0.5) is 0 Å². The van der Waals surface area contributed by atoms with Crippen LogP contribution in [0.2, 0.25) is 0 Å². The zero-order valence-electron chi connectivity index (χ0n) is 13.2. The average Bonchev–Trinajstić information content (AvgIpc) is 3.22. The molecule has 0 saturated carbocycles. The highest BCUT2D eigenvalue weighted by molar-refractivity contribution is 5.93. The van der Waals surface area contributed by atoms with Crippen molar-refractivity contribution in [1.29, 1.82) is 0 Å². The molecule has 126 valence electrons. The molecule has 0 radical (unpaired) electrons. The number of ether oxygens (including phenoxy) is 1. The SMILES string of the molecule is O=C(O)CC1CCCN1C(=O)c1occc1COc1ccccc1. The molecule has 1 unspecified atom stereocenters. The number of aliphatic carboxylic acids is 1. The van der Waals surface area contributed by atoms with Gasteiger partial charge in [0.25, 0.3) is 5.91 Å². The van der Waals surface area contributed by atoms with Gasteiger partial charge in [-0.15, -0.1) is 0 Å². The van der Waals surface area contributed by atoms with Crippen molar-refractivity contribution in [1.82, 2.24) is 4.90 Å². The lowest BCUT2D eigenvalue weighted by Crippen LogP contribution is -2.37. The highest BCUT2D eigenvalue weighted by Crippen LogP contribution is 2.25. The van der Waals surface area contributed by atoms with Crippen molar-refractivity contribution in [3.8, 4) is 5.75 Å². The van der Waals surface area contributed by atoms with Gasteiger partial charge in [-0.3, -0.25) is 9.59 Å². The molecule has 0 aliphatic carbocycles. The third kappa shape index (κ3) is 3.59. The van der Waals surface area contributed by atoms with Gasteiger partial charge < -0.3 is 19.2 Å². The van der Waals surface area contributed by atoms with Gasteiger partial charge in [0.15, 0.2) is 5.76 Å². The number of carboxylic acids is 1. The molecule has 1 amide bonds. The van der Waals surface area contributed by atoms with Crippen molar-refractivity contribution < 1.29 is 23.8 Å². The van der Waals surface area contributed by atoms with Gasteiger partial charge in [0.1, 0.15) is 12.4 Å². The van der Waals surface area contributed by atoms with Gasteiger partial charge in [-0.1, -0.05) is 18.2 Å². The standard InChI is InChI=1S/C18H19NO5/c20-16(21)11-14-5-4-9-19(14)18(22)17-13(8-10-23-17)12-24-15-6-2-1-3-7-15/h1-3,6-8,10,14H,4-5,9,11-12H2,(H,20,21). The van der Waals surface area contributed by atoms with E-state index in [1.807, 2.05) is 30.3 Å². The van der Waals surface area contributed by atoms with Crippen LogP contribution in [0, 0.1) is 0 Å². The fraction of sp³-hybridized carbons (Fsp3) is 0.333. The van der Waals surface area contributed by atoms with Gasteiger partial charge in [0.2, 0.25) is 0 Å². The van der Waals surface area contributed by atoms with Crippen LogP contribution in [0.15, 0.2) is 47.1 Å². The predicted octanol–water partition coefficient (Wildman–Crippen LogP) is 2.94. The molecule has 6 nitrogen and oxygen atoms in total. The summed E-state index contributed by atoms with van der Waals surface area (Å²) in [6.45, 7) is 0.773. The van der Waals surface area contributed by atoms with Crippen molar-refractivity contribution in [3.63, 3.8) is 0 Å². The minimum absolute atomic E-state index is 0.0394. The molecule has 0 bridgehead atoms. The molecule has 1 fully saturated rings. The number of benzene rings is 1. The lowest BCUT2D eigenvalue weighted by atomic mass is 10.1. The number of nitrogens with zero attached hydrogens (tertiary/aromatic N) is 1. The van der Waals surface area contributed by atoms with Gasteiger partial charge in [-0.05, 0) is 31.0 Å². The highest BCUT2D eigenvalue weighted by atomic mass is 16.5. The topological polar surface area (TPSA) is 80.0 Å². The van der Waals surface area contributed by atoms with E-state index in [0.717, 1.165) is 6.42 Å². The summed E-state index contributed by atoms with van der Waals surface area (Å²) in [4.78, 5) is 25.3. The van der Waals surface area contributed by atoms with Gasteiger partial charge >= 0.3 is 5.97 Å². The fourth-order valence-corrected chi connectivity index (χ4v) is 2.96. The number of carbonyl (C=O) groups is 2. The normalized spacial score (nSPS) is 17.0. The first-order valence-electron chi connectivity index (χ1n) is 7.92. The first kappa shape index (κ1) is 16.1. The summed E-state index contributed by atoms with van der Waals surface area (Å²) >= 11 is 0. The molecular formula is C18H19NO5. The molecule has 1 aromatic carbocycles. The second-order valence-corrected chi connectivity index (χ2v) is 5.77. The Bertz CT molecular complexity index is 709. The molecule has 2 aromatic rings. The molecule has 24 heavy (non-hydrogen) atoms. The lowest BCUT2D eigenvalue weighted by molar-refractivity contribution is -0.137. The molecule has 0 spiro atoms. The predicted molar refractivity (Wildman–Crippen MR) is 85.8 cm³/mol. The summed E-state index contributed by atoms with van der Waals surface area (Å²) in [6, 6.07) is 10.8. The summed E-state index contributed by atoms with van der Waals surface area (Å²) in [5, 5.41) is 8.99. The van der Waals surface area contributed by atoms with Crippen LogP contribution in [0.3, 0.4) is 0 Å². The van der Waals surface area contributed by atoms with E-state index in [1.54, 1.807) is 11.0 Å². The monoisotopic (exact) mass is 329 g/mol. The molecular weight excluding hydrogens is 310 g/mol. The minimum Gasteiger partial charge on any atom is -0.489 e. The number of likely N-dealkylation sites (tertiary alicyclic amines) is 1. The van der Waals surface area contributed by atoms with Crippen LogP contribution in [0.25, 0.3) is 0 Å². The van der Waals surface area contributed by atoms with E-state index in [0.29, 0.717) is 24.3 Å². The Morgan fingerprint density at radius 1 is 1.25 bits per heavy atom. The molecule has 1 aromatic heterocycles. The van der Waals surface area contributed by atoms with E-state index in [2.05, 4.69) is 0 Å². The number of para-hydroxylation sites is 1. The van der Waals surface area contributed by atoms with Crippen LogP contribution < -0.4 is 4.74 Å². The summed E-state index contributed by atoms with van der Waals surface area (Å²) in [6.07, 6.45) is 2.93. The number of hydrogen-bond acceptors (Lipinski definition) is 4. The van der Waals surface area contributed by atoms with Gasteiger partial charge in [0, 0.05) is 18.2 Å². The summed E-state index contributed by atoms with van der Waals surface area (Å²) in [5.74, 6) is -0.229. The van der Waals surface area contributed by atoms with E-state index in [-0.39, 0.29) is 30.7 Å². The molecule has 1 aliphatic rings. The van der Waals surface area contributed by atoms with E-state index >= 15 is 0 Å². The molecule has 3 rings (SSSR count). The maximum absolute atomic E-state index is 12.7. The maximum atomic E-state index is 12.7. The number of carbonyl (C=O) groups excluding carboxylic acids is 1. The van der Waals surface area contributed by atoms with E-state index in [4.69, 9.17) is 14.3 Å². The Kier molecular flexibility index (Phi) is 4.84. The van der Waals surface area contributed by atoms with Gasteiger partial charge in [-0.2, -0.15) is 0 Å². The van der Waals surface area contributed by atoms with Crippen LogP contribution in [-0.2, 0) is 11.4 Å². The first-order chi connectivity index (χ1) is 11.6. The smallest absolute Gasteiger partial charge is 0.305 e. The highest BCUT2D eigenvalue weighted by Gasteiger charge is 2.33. The molecule has 1 saturated heterocycles. The van der Waals surface area contributed by atoms with E-state index < -0.39 is 5.97 Å². The number of hydrogen-bond donors (Lipinski definition) is 1. The molecule has 6 heteroatoms. The minimum atomic E-state index is -0.897. The molecule has 1 aliphatic heterocycles. The zero-order chi connectivity index (χ0) is 16.9. The number of rotatable bonds is 6. The third-order valence-electron chi connectivity index (χ3n) is 4.13. The number of carboxylic acid groups (broad SMARTS) is 1. The Morgan fingerprint density at radius 2 is 2.04 bits per heavy atom. The lowest BCUT2D eigenvalue weighted by Gasteiger charge is -2.22. The fourth-order valence-electron chi connectivity index (χ4n) is 2.96. The van der Waals surface area contributed by atoms with Crippen molar-refractivity contribution in [3.05, 3.63) is 54.0 Å². The van der Waals surface area contributed by atoms with E-state index in [9.17, 15) is 9.59 Å². The first-order valence-corrected chi connectivity index (χ1v) is 7.92. The average molecular weight is 329 g/mol. The second kappa shape index (κ2) is 7.21. The molecule has 1 atom stereocenters. The number of furan rings is 1. The Hall–Kier alpha value is -2.76. The third-order valence-corrected chi connectivity index (χ3v) is 4.13. The van der Waals surface area contributed by atoms with Crippen LogP contribution in [0.1, 0.15) is 35.4 Å². The van der Waals surface area contributed by atoms with Gasteiger partial charge in [0.05, 0.1) is 12.7 Å². The summed E-state index contributed by atoms with van der Waals surface area (Å²) in [5.41, 5.74) is 0.657. The Morgan fingerprint density at radius 3 is 2.79 bits per heavy atom. The molecule has 1 N–H and O–H groups in total. The summed E-state index contributed by atoms with van der Waals surface area (Å²) < 4.78 is 11.0. The van der Waals surface area contributed by atoms with Crippen molar-refractivity contribution in [2.24, 2.45) is 0 Å². The van der Waals surface area contributed by atoms with E-state index in [1.165, 1.54) is 6.26 Å². The molecule has 2 heterocycles. The Balaban J connectivity index is 1.69. The van der Waals surface area contributed by atoms with Gasteiger partial charge in [-0.25, -0.2) is 0 Å². The van der Waals surface area contributed by atoms with Crippen molar-refractivity contribution in [2.45, 2.75) is 31.9 Å². The summed E-state index contributed by atoms with van der Waals surface area (Å²) in [7, 11) is 0. The second-order valence-electron chi connectivity index (χ2n) is 5.77. The Labute approximate surface area is 139 Å². The number of amides is 1. The van der Waals surface area contributed by atoms with Crippen LogP contribution >= 0.6 is 0 Å². The van der Waals surface area contributed by atoms with Crippen molar-refractivity contribution in [2.75, 3.05) is 6.54 Å². The largest absolute Gasteiger partial charge is 0.489 e.